The minimum atomic E-state index is -0.121. The highest BCUT2D eigenvalue weighted by atomic mass is 16.5. The van der Waals surface area contributed by atoms with Crippen molar-refractivity contribution in [3.05, 3.63) is 53.3 Å². The highest BCUT2D eigenvalue weighted by Gasteiger charge is 2.19. The molecular formula is C22H29N5O2. The number of likely N-dealkylation sites (N-methyl/N-ethyl adjacent to an activating group) is 1. The molecule has 1 unspecified atom stereocenters. The number of methoxy groups -OCH3 is 1. The fraction of sp³-hybridized carbons (Fsp3) is 0.409. The summed E-state index contributed by atoms with van der Waals surface area (Å²) < 4.78 is 7.09. The second-order valence-electron chi connectivity index (χ2n) is 7.69. The Balaban J connectivity index is 1.83. The lowest BCUT2D eigenvalue weighted by Gasteiger charge is -2.25. The van der Waals surface area contributed by atoms with Gasteiger partial charge in [-0.1, -0.05) is 12.1 Å². The van der Waals surface area contributed by atoms with Crippen LogP contribution in [0, 0.1) is 6.92 Å². The molecule has 0 radical (unpaired) electrons. The van der Waals surface area contributed by atoms with E-state index in [0.717, 1.165) is 28.0 Å². The number of carbonyl (C=O) groups excluding carboxylic acids is 1. The van der Waals surface area contributed by atoms with Crippen molar-refractivity contribution in [2.24, 2.45) is 0 Å². The largest absolute Gasteiger partial charge is 0.497 e. The van der Waals surface area contributed by atoms with Gasteiger partial charge in [0, 0.05) is 18.3 Å². The Morgan fingerprint density at radius 3 is 2.52 bits per heavy atom. The van der Waals surface area contributed by atoms with E-state index in [2.05, 4.69) is 20.3 Å². The van der Waals surface area contributed by atoms with Gasteiger partial charge in [0.15, 0.2) is 5.65 Å². The number of aryl methyl sites for hydroxylation is 1. The summed E-state index contributed by atoms with van der Waals surface area (Å²) in [6.45, 7) is 6.48. The molecule has 3 rings (SSSR count). The van der Waals surface area contributed by atoms with Gasteiger partial charge < -0.3 is 15.0 Å². The van der Waals surface area contributed by atoms with Crippen molar-refractivity contribution in [3.8, 4) is 5.75 Å². The molecule has 0 saturated heterocycles. The normalized spacial score (nSPS) is 12.6. The lowest BCUT2D eigenvalue weighted by atomic mass is 10.1. The first-order valence-corrected chi connectivity index (χ1v) is 9.75. The van der Waals surface area contributed by atoms with Gasteiger partial charge in [-0.05, 0) is 58.6 Å². The predicted octanol–water partition coefficient (Wildman–Crippen LogP) is 3.36. The molecule has 0 fully saturated rings. The Morgan fingerprint density at radius 2 is 1.93 bits per heavy atom. The Morgan fingerprint density at radius 1 is 1.24 bits per heavy atom. The van der Waals surface area contributed by atoms with E-state index in [1.807, 2.05) is 69.9 Å². The number of benzene rings is 1. The first-order chi connectivity index (χ1) is 13.8. The molecule has 1 aromatic carbocycles. The van der Waals surface area contributed by atoms with Crippen LogP contribution in [0.25, 0.3) is 11.0 Å². The predicted molar refractivity (Wildman–Crippen MR) is 114 cm³/mol. The number of carbonyl (C=O) groups is 1. The van der Waals surface area contributed by atoms with Gasteiger partial charge in [-0.3, -0.25) is 4.79 Å². The molecule has 1 amide bonds. The van der Waals surface area contributed by atoms with Crippen molar-refractivity contribution >= 4 is 16.9 Å². The van der Waals surface area contributed by atoms with E-state index in [-0.39, 0.29) is 18.0 Å². The first kappa shape index (κ1) is 20.8. The quantitative estimate of drug-likeness (QED) is 0.664. The molecule has 1 atom stereocenters. The molecule has 0 bridgehead atoms. The third-order valence-electron chi connectivity index (χ3n) is 5.01. The average molecular weight is 396 g/mol. The van der Waals surface area contributed by atoms with Crippen LogP contribution in [0.1, 0.15) is 47.5 Å². The summed E-state index contributed by atoms with van der Waals surface area (Å²) in [4.78, 5) is 19.7. The van der Waals surface area contributed by atoms with Gasteiger partial charge in [0.2, 0.25) is 0 Å². The molecule has 29 heavy (non-hydrogen) atoms. The topological polar surface area (TPSA) is 72.3 Å². The van der Waals surface area contributed by atoms with E-state index < -0.39 is 0 Å². The van der Waals surface area contributed by atoms with Gasteiger partial charge in [0.05, 0.1) is 30.3 Å². The lowest BCUT2D eigenvalue weighted by Crippen LogP contribution is -2.34. The SMILES string of the molecule is COc1ccc(C(CNC(=O)c2cc(C)nc3c2cnn3C(C)C)N(C)C)cc1. The van der Waals surface area contributed by atoms with Gasteiger partial charge in [-0.15, -0.1) is 0 Å². The number of hydrogen-bond acceptors (Lipinski definition) is 5. The number of rotatable bonds is 7. The summed E-state index contributed by atoms with van der Waals surface area (Å²) in [7, 11) is 5.66. The zero-order chi connectivity index (χ0) is 21.1. The lowest BCUT2D eigenvalue weighted by molar-refractivity contribution is 0.0943. The fourth-order valence-electron chi connectivity index (χ4n) is 3.42. The average Bonchev–Trinajstić information content (AvgIpc) is 3.11. The van der Waals surface area contributed by atoms with Crippen molar-refractivity contribution in [2.45, 2.75) is 32.9 Å². The van der Waals surface area contributed by atoms with E-state index in [1.54, 1.807) is 13.3 Å². The summed E-state index contributed by atoms with van der Waals surface area (Å²) in [5, 5.41) is 8.28. The maximum Gasteiger partial charge on any atom is 0.252 e. The van der Waals surface area contributed by atoms with Crippen LogP contribution in [-0.2, 0) is 0 Å². The van der Waals surface area contributed by atoms with Crippen LogP contribution < -0.4 is 10.1 Å². The minimum absolute atomic E-state index is 0.0432. The minimum Gasteiger partial charge on any atom is -0.497 e. The van der Waals surface area contributed by atoms with Gasteiger partial charge in [0.1, 0.15) is 5.75 Å². The highest BCUT2D eigenvalue weighted by Crippen LogP contribution is 2.23. The van der Waals surface area contributed by atoms with Crippen LogP contribution in [-0.4, -0.2) is 53.3 Å². The third kappa shape index (κ3) is 4.40. The van der Waals surface area contributed by atoms with Crippen LogP contribution in [0.5, 0.6) is 5.75 Å². The zero-order valence-electron chi connectivity index (χ0n) is 17.9. The number of nitrogens with one attached hydrogen (secondary N) is 1. The van der Waals surface area contributed by atoms with Crippen molar-refractivity contribution < 1.29 is 9.53 Å². The summed E-state index contributed by atoms with van der Waals surface area (Å²) in [5.74, 6) is 0.691. The number of ether oxygens (including phenoxy) is 1. The molecule has 0 aliphatic carbocycles. The standard InChI is InChI=1S/C22H29N5O2/c1-14(2)27-21-19(12-24-27)18(11-15(3)25-21)22(28)23-13-20(26(4)5)16-7-9-17(29-6)10-8-16/h7-12,14,20H,13H2,1-6H3,(H,23,28). The zero-order valence-corrected chi connectivity index (χ0v) is 17.9. The molecule has 1 N–H and O–H groups in total. The summed E-state index contributed by atoms with van der Waals surface area (Å²) in [6, 6.07) is 9.96. The first-order valence-electron chi connectivity index (χ1n) is 9.75. The summed E-state index contributed by atoms with van der Waals surface area (Å²) >= 11 is 0. The van der Waals surface area contributed by atoms with Crippen LogP contribution in [0.15, 0.2) is 36.5 Å². The van der Waals surface area contributed by atoms with Gasteiger partial charge in [-0.25, -0.2) is 9.67 Å². The molecule has 0 saturated carbocycles. The summed E-state index contributed by atoms with van der Waals surface area (Å²) in [5.41, 5.74) is 3.25. The molecule has 7 nitrogen and oxygen atoms in total. The van der Waals surface area contributed by atoms with Crippen molar-refractivity contribution in [2.75, 3.05) is 27.7 Å². The second kappa shape index (κ2) is 8.61. The number of nitrogens with zero attached hydrogens (tertiary/aromatic N) is 4. The third-order valence-corrected chi connectivity index (χ3v) is 5.01. The van der Waals surface area contributed by atoms with Gasteiger partial charge in [0.25, 0.3) is 5.91 Å². The molecule has 3 aromatic rings. The highest BCUT2D eigenvalue weighted by molar-refractivity contribution is 6.05. The van der Waals surface area contributed by atoms with Crippen molar-refractivity contribution in [1.29, 1.82) is 0 Å². The smallest absolute Gasteiger partial charge is 0.252 e. The van der Waals surface area contributed by atoms with Crippen LogP contribution in [0.2, 0.25) is 0 Å². The van der Waals surface area contributed by atoms with Gasteiger partial charge >= 0.3 is 0 Å². The Bertz CT molecular complexity index is 992. The van der Waals surface area contributed by atoms with Crippen LogP contribution >= 0.6 is 0 Å². The maximum atomic E-state index is 13.0. The Kier molecular flexibility index (Phi) is 6.17. The molecule has 0 spiro atoms. The number of aromatic nitrogens is 3. The molecule has 2 heterocycles. The van der Waals surface area contributed by atoms with Gasteiger partial charge in [-0.2, -0.15) is 5.10 Å². The molecule has 0 aliphatic heterocycles. The van der Waals surface area contributed by atoms with Crippen molar-refractivity contribution in [1.82, 2.24) is 25.0 Å². The Labute approximate surface area is 171 Å². The maximum absolute atomic E-state index is 13.0. The number of pyridine rings is 1. The molecular weight excluding hydrogens is 366 g/mol. The molecule has 154 valence electrons. The number of hydrogen-bond donors (Lipinski definition) is 1. The van der Waals surface area contributed by atoms with E-state index >= 15 is 0 Å². The van der Waals surface area contributed by atoms with E-state index in [9.17, 15) is 4.79 Å². The van der Waals surface area contributed by atoms with Crippen LogP contribution in [0.4, 0.5) is 0 Å². The number of amides is 1. The van der Waals surface area contributed by atoms with E-state index in [0.29, 0.717) is 12.1 Å². The summed E-state index contributed by atoms with van der Waals surface area (Å²) in [6.07, 6.45) is 1.73. The van der Waals surface area contributed by atoms with E-state index in [1.165, 1.54) is 0 Å². The molecule has 2 aromatic heterocycles. The molecule has 0 aliphatic rings. The number of fused-ring (bicyclic) bond motifs is 1. The van der Waals surface area contributed by atoms with Crippen molar-refractivity contribution in [3.63, 3.8) is 0 Å². The second-order valence-corrected chi connectivity index (χ2v) is 7.69. The molecule has 7 heteroatoms. The monoisotopic (exact) mass is 395 g/mol. The van der Waals surface area contributed by atoms with E-state index in [4.69, 9.17) is 4.74 Å². The Hall–Kier alpha value is -2.93. The van der Waals surface area contributed by atoms with Crippen LogP contribution in [0.3, 0.4) is 0 Å². The fourth-order valence-corrected chi connectivity index (χ4v) is 3.42.